The maximum absolute atomic E-state index is 13.3. The van der Waals surface area contributed by atoms with Gasteiger partial charge < -0.3 is 16.4 Å². The maximum atomic E-state index is 13.3. The molecule has 0 fully saturated rings. The van der Waals surface area contributed by atoms with Gasteiger partial charge in [-0.05, 0) is 43.5 Å². The monoisotopic (exact) mass is 408 g/mol. The number of nitrogens with one attached hydrogen (secondary N) is 2. The highest BCUT2D eigenvalue weighted by molar-refractivity contribution is 5.96. The van der Waals surface area contributed by atoms with E-state index in [0.29, 0.717) is 29.4 Å². The van der Waals surface area contributed by atoms with Crippen LogP contribution in [0.5, 0.6) is 0 Å². The minimum absolute atomic E-state index is 0.161. The molecule has 0 saturated carbocycles. The number of nitrogens with two attached hydrogens (primary N) is 1. The van der Waals surface area contributed by atoms with Gasteiger partial charge in [-0.2, -0.15) is 0 Å². The standard InChI is InChI=1S/C22H25FN6O/c1-3-4-5-17-18(21(24)30)12-19(28-20-13-25-10-11-26-20)29-22(17)27-14(2)15-6-8-16(23)9-7-15/h6-14H,3-5H2,1-2H3,(H2,24,30)(H2,26,27,28,29). The van der Waals surface area contributed by atoms with Crippen LogP contribution in [0.4, 0.5) is 21.8 Å². The smallest absolute Gasteiger partial charge is 0.249 e. The summed E-state index contributed by atoms with van der Waals surface area (Å²) in [6.45, 7) is 4.03. The van der Waals surface area contributed by atoms with Crippen molar-refractivity contribution < 1.29 is 9.18 Å². The number of aromatic nitrogens is 3. The third kappa shape index (κ3) is 5.28. The van der Waals surface area contributed by atoms with Crippen LogP contribution in [0.3, 0.4) is 0 Å². The molecule has 0 aliphatic heterocycles. The highest BCUT2D eigenvalue weighted by Gasteiger charge is 2.18. The summed E-state index contributed by atoms with van der Waals surface area (Å²) in [6.07, 6.45) is 7.20. The summed E-state index contributed by atoms with van der Waals surface area (Å²) < 4.78 is 13.3. The van der Waals surface area contributed by atoms with Crippen molar-refractivity contribution in [2.45, 2.75) is 39.2 Å². The number of carbonyl (C=O) groups is 1. The average Bonchev–Trinajstić information content (AvgIpc) is 2.74. The molecule has 1 aromatic carbocycles. The zero-order valence-electron chi connectivity index (χ0n) is 17.0. The first-order valence-corrected chi connectivity index (χ1v) is 9.86. The Morgan fingerprint density at radius 2 is 1.97 bits per heavy atom. The number of pyridine rings is 1. The first kappa shape index (κ1) is 21.2. The van der Waals surface area contributed by atoms with Crippen LogP contribution in [0.15, 0.2) is 48.9 Å². The summed E-state index contributed by atoms with van der Waals surface area (Å²) in [5, 5.41) is 6.42. The molecule has 8 heteroatoms. The van der Waals surface area contributed by atoms with E-state index in [1.54, 1.807) is 36.8 Å². The lowest BCUT2D eigenvalue weighted by molar-refractivity contribution is 0.0999. The summed E-state index contributed by atoms with van der Waals surface area (Å²) in [4.78, 5) is 25.1. The van der Waals surface area contributed by atoms with Crippen molar-refractivity contribution >= 4 is 23.4 Å². The summed E-state index contributed by atoms with van der Waals surface area (Å²) in [5.74, 6) is 0.669. The number of rotatable bonds is 9. The van der Waals surface area contributed by atoms with Crippen LogP contribution in [0.2, 0.25) is 0 Å². The number of nitrogens with zero attached hydrogens (tertiary/aromatic N) is 3. The van der Waals surface area contributed by atoms with Crippen molar-refractivity contribution in [3.63, 3.8) is 0 Å². The van der Waals surface area contributed by atoms with E-state index in [1.807, 2.05) is 6.92 Å². The van der Waals surface area contributed by atoms with Crippen LogP contribution in [0, 0.1) is 5.82 Å². The van der Waals surface area contributed by atoms with Crippen molar-refractivity contribution in [2.75, 3.05) is 10.6 Å². The van der Waals surface area contributed by atoms with Crippen LogP contribution in [-0.4, -0.2) is 20.9 Å². The number of carbonyl (C=O) groups excluding carboxylic acids is 1. The molecule has 3 rings (SSSR count). The lowest BCUT2D eigenvalue weighted by Crippen LogP contribution is -2.18. The molecule has 30 heavy (non-hydrogen) atoms. The molecule has 4 N–H and O–H groups in total. The van der Waals surface area contributed by atoms with Gasteiger partial charge in [0.05, 0.1) is 6.20 Å². The fourth-order valence-corrected chi connectivity index (χ4v) is 3.12. The molecule has 0 aliphatic carbocycles. The number of anilines is 3. The van der Waals surface area contributed by atoms with Gasteiger partial charge in [0, 0.05) is 29.6 Å². The van der Waals surface area contributed by atoms with Crippen LogP contribution in [0.25, 0.3) is 0 Å². The van der Waals surface area contributed by atoms with Gasteiger partial charge in [-0.15, -0.1) is 0 Å². The molecule has 2 aromatic heterocycles. The van der Waals surface area contributed by atoms with E-state index in [4.69, 9.17) is 5.73 Å². The molecule has 0 bridgehead atoms. The average molecular weight is 408 g/mol. The molecule has 0 spiro atoms. The van der Waals surface area contributed by atoms with Gasteiger partial charge in [-0.25, -0.2) is 14.4 Å². The van der Waals surface area contributed by atoms with E-state index >= 15 is 0 Å². The molecule has 3 aromatic rings. The number of amides is 1. The van der Waals surface area contributed by atoms with Crippen LogP contribution >= 0.6 is 0 Å². The van der Waals surface area contributed by atoms with Crippen LogP contribution < -0.4 is 16.4 Å². The third-order valence-electron chi connectivity index (χ3n) is 4.71. The molecule has 7 nitrogen and oxygen atoms in total. The second-order valence-corrected chi connectivity index (χ2v) is 6.98. The first-order chi connectivity index (χ1) is 14.5. The summed E-state index contributed by atoms with van der Waals surface area (Å²) in [5.41, 5.74) is 7.75. The second kappa shape index (κ2) is 9.78. The maximum Gasteiger partial charge on any atom is 0.249 e. The fraction of sp³-hybridized carbons (Fsp3) is 0.273. The Hall–Kier alpha value is -3.55. The summed E-state index contributed by atoms with van der Waals surface area (Å²) in [7, 11) is 0. The summed E-state index contributed by atoms with van der Waals surface area (Å²) >= 11 is 0. The Labute approximate surface area is 175 Å². The largest absolute Gasteiger partial charge is 0.366 e. The van der Waals surface area contributed by atoms with Gasteiger partial charge in [0.2, 0.25) is 5.91 Å². The van der Waals surface area contributed by atoms with Crippen molar-refractivity contribution in [1.82, 2.24) is 15.0 Å². The van der Waals surface area contributed by atoms with E-state index in [9.17, 15) is 9.18 Å². The quantitative estimate of drug-likeness (QED) is 0.485. The summed E-state index contributed by atoms with van der Waals surface area (Å²) in [6, 6.07) is 7.74. The van der Waals surface area contributed by atoms with Gasteiger partial charge in [0.1, 0.15) is 23.3 Å². The van der Waals surface area contributed by atoms with Gasteiger partial charge in [0.25, 0.3) is 0 Å². The highest BCUT2D eigenvalue weighted by Crippen LogP contribution is 2.28. The number of primary amides is 1. The van der Waals surface area contributed by atoms with Gasteiger partial charge >= 0.3 is 0 Å². The van der Waals surface area contributed by atoms with Gasteiger partial charge in [0.15, 0.2) is 0 Å². The van der Waals surface area contributed by atoms with E-state index in [-0.39, 0.29) is 11.9 Å². The Morgan fingerprint density at radius 3 is 2.60 bits per heavy atom. The van der Waals surface area contributed by atoms with Crippen molar-refractivity contribution in [2.24, 2.45) is 5.73 Å². The number of benzene rings is 1. The van der Waals surface area contributed by atoms with E-state index < -0.39 is 5.91 Å². The lowest BCUT2D eigenvalue weighted by Gasteiger charge is -2.20. The Kier molecular flexibility index (Phi) is 6.90. The number of hydrogen-bond donors (Lipinski definition) is 3. The van der Waals surface area contributed by atoms with Crippen molar-refractivity contribution in [1.29, 1.82) is 0 Å². The molecular formula is C22H25FN6O. The first-order valence-electron chi connectivity index (χ1n) is 9.86. The molecule has 1 amide bonds. The van der Waals surface area contributed by atoms with E-state index in [1.165, 1.54) is 12.1 Å². The highest BCUT2D eigenvalue weighted by atomic mass is 19.1. The molecule has 1 atom stereocenters. The zero-order chi connectivity index (χ0) is 21.5. The molecular weight excluding hydrogens is 383 g/mol. The van der Waals surface area contributed by atoms with E-state index in [2.05, 4.69) is 32.5 Å². The third-order valence-corrected chi connectivity index (χ3v) is 4.71. The second-order valence-electron chi connectivity index (χ2n) is 6.98. The molecule has 1 unspecified atom stereocenters. The molecule has 2 heterocycles. The number of halogens is 1. The number of hydrogen-bond acceptors (Lipinski definition) is 6. The Morgan fingerprint density at radius 1 is 1.20 bits per heavy atom. The molecule has 0 radical (unpaired) electrons. The molecule has 0 saturated heterocycles. The van der Waals surface area contributed by atoms with E-state index in [0.717, 1.165) is 24.0 Å². The normalized spacial score (nSPS) is 11.7. The Bertz CT molecular complexity index is 995. The minimum atomic E-state index is -0.525. The molecule has 0 aliphatic rings. The SMILES string of the molecule is CCCCc1c(C(N)=O)cc(Nc2cnccn2)nc1NC(C)c1ccc(F)cc1. The number of unbranched alkanes of at least 4 members (excludes halogenated alkanes) is 1. The molecule has 156 valence electrons. The van der Waals surface area contributed by atoms with Gasteiger partial charge in [-0.3, -0.25) is 9.78 Å². The Balaban J connectivity index is 1.99. The lowest BCUT2D eigenvalue weighted by atomic mass is 10.0. The van der Waals surface area contributed by atoms with Crippen LogP contribution in [0.1, 0.15) is 54.2 Å². The predicted octanol–water partition coefficient (Wildman–Crippen LogP) is 4.37. The zero-order valence-corrected chi connectivity index (χ0v) is 17.0. The fourth-order valence-electron chi connectivity index (χ4n) is 3.12. The van der Waals surface area contributed by atoms with Gasteiger partial charge in [-0.1, -0.05) is 25.5 Å². The minimum Gasteiger partial charge on any atom is -0.366 e. The topological polar surface area (TPSA) is 106 Å². The van der Waals surface area contributed by atoms with Crippen LogP contribution in [-0.2, 0) is 6.42 Å². The predicted molar refractivity (Wildman–Crippen MR) is 115 cm³/mol. The van der Waals surface area contributed by atoms with Crippen molar-refractivity contribution in [3.8, 4) is 0 Å². The van der Waals surface area contributed by atoms with Crippen molar-refractivity contribution in [3.05, 3.63) is 71.4 Å².